The van der Waals surface area contributed by atoms with Gasteiger partial charge in [0.15, 0.2) is 0 Å². The first kappa shape index (κ1) is 16.5. The molecule has 0 aliphatic rings. The second-order valence-corrected chi connectivity index (χ2v) is 5.98. The molecule has 0 saturated heterocycles. The summed E-state index contributed by atoms with van der Waals surface area (Å²) < 4.78 is 4.10. The van der Waals surface area contributed by atoms with Gasteiger partial charge in [-0.2, -0.15) is 4.68 Å². The summed E-state index contributed by atoms with van der Waals surface area (Å²) in [5.74, 6) is 2.35. The Morgan fingerprint density at radius 3 is 2.63 bits per heavy atom. The van der Waals surface area contributed by atoms with E-state index >= 15 is 0 Å². The van der Waals surface area contributed by atoms with Crippen molar-refractivity contribution < 1.29 is 0 Å². The van der Waals surface area contributed by atoms with E-state index < -0.39 is 0 Å². The molecule has 134 valence electrons. The van der Waals surface area contributed by atoms with Crippen molar-refractivity contribution in [3.8, 4) is 12.3 Å². The third kappa shape index (κ3) is 2.82. The van der Waals surface area contributed by atoms with Crippen LogP contribution in [-0.4, -0.2) is 44.8 Å². The Morgan fingerprint density at radius 2 is 1.89 bits per heavy atom. The Bertz CT molecular complexity index is 1300. The van der Waals surface area contributed by atoms with Crippen LogP contribution in [0.3, 0.4) is 0 Å². The topological polar surface area (TPSA) is 126 Å². The van der Waals surface area contributed by atoms with Crippen LogP contribution in [-0.2, 0) is 13.1 Å². The number of hydrogen-bond donors (Lipinski definition) is 0. The lowest BCUT2D eigenvalue weighted by molar-refractivity contribution is 0.419. The molecule has 0 fully saturated rings. The molecule has 0 bridgehead atoms. The van der Waals surface area contributed by atoms with Crippen LogP contribution < -0.4 is 11.1 Å². The number of fused-ring (bicyclic) bond motifs is 2. The molecule has 0 aliphatic carbocycles. The highest BCUT2D eigenvalue weighted by Crippen LogP contribution is 2.15. The molecule has 1 atom stereocenters. The van der Waals surface area contributed by atoms with Gasteiger partial charge in [-0.05, 0) is 29.5 Å². The highest BCUT2D eigenvalue weighted by atomic mass is 16.1. The van der Waals surface area contributed by atoms with Gasteiger partial charge in [-0.25, -0.2) is 9.67 Å². The highest BCUT2D eigenvalue weighted by molar-refractivity contribution is 5.93. The van der Waals surface area contributed by atoms with Gasteiger partial charge in [0.05, 0.1) is 35.2 Å². The van der Waals surface area contributed by atoms with Crippen LogP contribution in [0.2, 0.25) is 0 Å². The Hall–Kier alpha value is -3.94. The Balaban J connectivity index is 1.84. The molecule has 1 aromatic carbocycles. The maximum atomic E-state index is 12.9. The normalized spacial score (nSPS) is 12.3. The van der Waals surface area contributed by atoms with Crippen LogP contribution in [0.5, 0.6) is 0 Å². The number of hydrogen-bond acceptors (Lipinski definition) is 8. The molecule has 0 unspecified atom stereocenters. The van der Waals surface area contributed by atoms with E-state index in [1.54, 1.807) is 0 Å². The van der Waals surface area contributed by atoms with Crippen molar-refractivity contribution in [2.75, 3.05) is 0 Å². The third-order valence-electron chi connectivity index (χ3n) is 4.18. The predicted octanol–water partition coefficient (Wildman–Crippen LogP) is -0.618. The molecule has 3 aromatic heterocycles. The van der Waals surface area contributed by atoms with E-state index in [4.69, 9.17) is 6.42 Å². The Labute approximate surface area is 151 Å². The highest BCUT2D eigenvalue weighted by Gasteiger charge is 2.14. The zero-order valence-electron chi connectivity index (χ0n) is 14.2. The number of terminal acetylenes is 1. The second-order valence-electron chi connectivity index (χ2n) is 5.98. The van der Waals surface area contributed by atoms with Crippen LogP contribution in [0, 0.1) is 12.3 Å². The molecular weight excluding hydrogens is 350 g/mol. The summed E-state index contributed by atoms with van der Waals surface area (Å²) in [6.45, 7) is 2.28. The molecule has 0 spiro atoms. The number of rotatable bonds is 4. The summed E-state index contributed by atoms with van der Waals surface area (Å²) in [6, 6.07) is 2.82. The van der Waals surface area contributed by atoms with E-state index in [1.807, 2.05) is 6.92 Å². The Kier molecular flexibility index (Phi) is 3.92. The maximum Gasteiger partial charge on any atom is 0.278 e. The zero-order chi connectivity index (χ0) is 19.0. The van der Waals surface area contributed by atoms with Gasteiger partial charge in [0.25, 0.3) is 11.1 Å². The average Bonchev–Trinajstić information content (AvgIpc) is 3.17. The van der Waals surface area contributed by atoms with Crippen LogP contribution >= 0.6 is 0 Å². The minimum absolute atomic E-state index is 0.0174. The van der Waals surface area contributed by atoms with Crippen molar-refractivity contribution in [2.24, 2.45) is 0 Å². The first-order chi connectivity index (χ1) is 13.1. The van der Waals surface area contributed by atoms with E-state index in [9.17, 15) is 9.59 Å². The van der Waals surface area contributed by atoms with Crippen molar-refractivity contribution in [1.29, 1.82) is 0 Å². The quantitative estimate of drug-likeness (QED) is 0.347. The largest absolute Gasteiger partial charge is 0.294 e. The molecule has 4 aromatic rings. The summed E-state index contributed by atoms with van der Waals surface area (Å²) in [4.78, 5) is 29.7. The summed E-state index contributed by atoms with van der Waals surface area (Å²) in [7, 11) is 0. The van der Waals surface area contributed by atoms with Crippen molar-refractivity contribution >= 4 is 21.8 Å². The van der Waals surface area contributed by atoms with Gasteiger partial charge >= 0.3 is 0 Å². The van der Waals surface area contributed by atoms with Crippen molar-refractivity contribution in [3.05, 3.63) is 45.5 Å². The lowest BCUT2D eigenvalue weighted by Crippen LogP contribution is -2.27. The fourth-order valence-corrected chi connectivity index (χ4v) is 2.83. The van der Waals surface area contributed by atoms with E-state index in [2.05, 4.69) is 36.7 Å². The van der Waals surface area contributed by atoms with E-state index in [-0.39, 0.29) is 23.7 Å². The number of benzene rings is 1. The number of nitrogens with zero attached hydrogens (tertiary/aromatic N) is 9. The Morgan fingerprint density at radius 1 is 1.11 bits per heavy atom. The van der Waals surface area contributed by atoms with Crippen LogP contribution in [0.4, 0.5) is 0 Å². The molecular formula is C16H13N9O2. The van der Waals surface area contributed by atoms with Gasteiger partial charge in [0, 0.05) is 0 Å². The van der Waals surface area contributed by atoms with Gasteiger partial charge in [-0.3, -0.25) is 14.2 Å². The minimum Gasteiger partial charge on any atom is -0.294 e. The summed E-state index contributed by atoms with van der Waals surface area (Å²) >= 11 is 0. The van der Waals surface area contributed by atoms with Crippen LogP contribution in [0.25, 0.3) is 21.8 Å². The van der Waals surface area contributed by atoms with E-state index in [0.29, 0.717) is 28.4 Å². The molecule has 11 heteroatoms. The summed E-state index contributed by atoms with van der Waals surface area (Å²) in [5.41, 5.74) is 0.0798. The van der Waals surface area contributed by atoms with Crippen molar-refractivity contribution in [1.82, 2.24) is 44.8 Å². The van der Waals surface area contributed by atoms with Gasteiger partial charge in [0.1, 0.15) is 18.4 Å². The molecule has 11 nitrogen and oxygen atoms in total. The SMILES string of the molecule is C#CCn1nnc2cc3c(=O)n([C@H](C)Cn4cnnn4)cnc3cc2c1=O. The van der Waals surface area contributed by atoms with Crippen LogP contribution in [0.15, 0.2) is 34.4 Å². The molecule has 0 radical (unpaired) electrons. The monoisotopic (exact) mass is 363 g/mol. The summed E-state index contributed by atoms with van der Waals surface area (Å²) in [5, 5.41) is 19.4. The molecule has 27 heavy (non-hydrogen) atoms. The molecule has 0 N–H and O–H groups in total. The summed E-state index contributed by atoms with van der Waals surface area (Å²) in [6.07, 6.45) is 8.15. The minimum atomic E-state index is -0.377. The van der Waals surface area contributed by atoms with Gasteiger partial charge in [0.2, 0.25) is 0 Å². The lowest BCUT2D eigenvalue weighted by atomic mass is 10.1. The first-order valence-corrected chi connectivity index (χ1v) is 8.01. The predicted molar refractivity (Wildman–Crippen MR) is 94.7 cm³/mol. The van der Waals surface area contributed by atoms with Gasteiger partial charge in [-0.15, -0.1) is 16.6 Å². The standard InChI is InChI=1S/C16H13N9O2/c1-3-4-25-16(27)12-5-13-11(6-14(12)19-21-25)15(26)24(8-17-13)10(2)7-23-9-18-20-22-23/h1,5-6,8-10H,4,7H2,2H3/t10-/m1/s1. The zero-order valence-corrected chi connectivity index (χ0v) is 14.2. The lowest BCUT2D eigenvalue weighted by Gasteiger charge is -2.14. The fraction of sp³-hybridized carbons (Fsp3) is 0.250. The van der Waals surface area contributed by atoms with Crippen molar-refractivity contribution in [3.63, 3.8) is 0 Å². The van der Waals surface area contributed by atoms with Gasteiger partial charge in [-0.1, -0.05) is 11.1 Å². The van der Waals surface area contributed by atoms with Gasteiger partial charge < -0.3 is 0 Å². The van der Waals surface area contributed by atoms with E-state index in [1.165, 1.54) is 34.0 Å². The smallest absolute Gasteiger partial charge is 0.278 e. The van der Waals surface area contributed by atoms with Crippen molar-refractivity contribution in [2.45, 2.75) is 26.1 Å². The molecule has 0 aliphatic heterocycles. The second kappa shape index (κ2) is 6.41. The van der Waals surface area contributed by atoms with E-state index in [0.717, 1.165) is 4.68 Å². The molecule has 0 saturated carbocycles. The maximum absolute atomic E-state index is 12.9. The average molecular weight is 363 g/mol. The number of aromatic nitrogens is 9. The fourth-order valence-electron chi connectivity index (χ4n) is 2.83. The number of tetrazole rings is 1. The first-order valence-electron chi connectivity index (χ1n) is 8.01. The molecule has 0 amide bonds. The third-order valence-corrected chi connectivity index (χ3v) is 4.18. The molecule has 4 rings (SSSR count). The van der Waals surface area contributed by atoms with Crippen LogP contribution in [0.1, 0.15) is 13.0 Å². The molecule has 3 heterocycles.